The van der Waals surface area contributed by atoms with Crippen molar-refractivity contribution in [1.29, 1.82) is 0 Å². The van der Waals surface area contributed by atoms with Crippen LogP contribution in [0, 0.1) is 6.92 Å². The lowest BCUT2D eigenvalue weighted by atomic mass is 9.98. The summed E-state index contributed by atoms with van der Waals surface area (Å²) in [7, 11) is 1.38. The van der Waals surface area contributed by atoms with Gasteiger partial charge in [0.1, 0.15) is 5.60 Å². The molecule has 5 nitrogen and oxygen atoms in total. The van der Waals surface area contributed by atoms with Gasteiger partial charge in [0, 0.05) is 10.6 Å². The molecule has 0 spiro atoms. The number of hydrogen-bond donors (Lipinski definition) is 1. The number of hydrogen-bond acceptors (Lipinski definition) is 5. The van der Waals surface area contributed by atoms with Gasteiger partial charge in [-0.15, -0.1) is 11.8 Å². The standard InChI is InChI=1S/C17H23NO4S/c1-10-8-12-13(18-16(20)22-17(2,3)4)6-7-23-14(12)9-11(10)15(19)21-5/h8-9,13H,6-7H2,1-5H3,(H,18,20). The molecule has 1 heterocycles. The Bertz CT molecular complexity index is 622. The van der Waals surface area contributed by atoms with Crippen molar-refractivity contribution in [1.82, 2.24) is 5.32 Å². The molecule has 0 radical (unpaired) electrons. The maximum Gasteiger partial charge on any atom is 0.408 e. The van der Waals surface area contributed by atoms with Gasteiger partial charge in [0.05, 0.1) is 18.7 Å². The van der Waals surface area contributed by atoms with Gasteiger partial charge in [0.2, 0.25) is 0 Å². The average Bonchev–Trinajstić information content (AvgIpc) is 2.44. The lowest BCUT2D eigenvalue weighted by Crippen LogP contribution is -2.36. The summed E-state index contributed by atoms with van der Waals surface area (Å²) in [6, 6.07) is 3.70. The van der Waals surface area contributed by atoms with Crippen LogP contribution in [-0.4, -0.2) is 30.5 Å². The maximum absolute atomic E-state index is 12.0. The summed E-state index contributed by atoms with van der Waals surface area (Å²) in [4.78, 5) is 24.8. The summed E-state index contributed by atoms with van der Waals surface area (Å²) < 4.78 is 10.2. The minimum Gasteiger partial charge on any atom is -0.465 e. The molecule has 1 aliphatic heterocycles. The fourth-order valence-electron chi connectivity index (χ4n) is 2.48. The highest BCUT2D eigenvalue weighted by Crippen LogP contribution is 2.38. The van der Waals surface area contributed by atoms with E-state index >= 15 is 0 Å². The minimum atomic E-state index is -0.527. The number of fused-ring (bicyclic) bond motifs is 1. The molecular formula is C17H23NO4S. The Labute approximate surface area is 141 Å². The van der Waals surface area contributed by atoms with E-state index in [0.717, 1.165) is 28.2 Å². The van der Waals surface area contributed by atoms with E-state index in [1.54, 1.807) is 11.8 Å². The van der Waals surface area contributed by atoms with Crippen LogP contribution >= 0.6 is 11.8 Å². The van der Waals surface area contributed by atoms with E-state index in [2.05, 4.69) is 5.32 Å². The van der Waals surface area contributed by atoms with E-state index in [0.29, 0.717) is 5.56 Å². The Morgan fingerprint density at radius 1 is 1.30 bits per heavy atom. The Kier molecular flexibility index (Phi) is 5.24. The van der Waals surface area contributed by atoms with E-state index in [1.807, 2.05) is 39.8 Å². The minimum absolute atomic E-state index is 0.105. The maximum atomic E-state index is 12.0. The second-order valence-electron chi connectivity index (χ2n) is 6.53. The Morgan fingerprint density at radius 3 is 2.61 bits per heavy atom. The van der Waals surface area contributed by atoms with Crippen molar-refractivity contribution in [2.24, 2.45) is 0 Å². The molecule has 23 heavy (non-hydrogen) atoms. The Morgan fingerprint density at radius 2 is 2.00 bits per heavy atom. The SMILES string of the molecule is COC(=O)c1cc2c(cc1C)C(NC(=O)OC(C)(C)C)CCS2. The van der Waals surface area contributed by atoms with E-state index in [9.17, 15) is 9.59 Å². The van der Waals surface area contributed by atoms with Crippen molar-refractivity contribution in [3.8, 4) is 0 Å². The molecule has 1 amide bonds. The summed E-state index contributed by atoms with van der Waals surface area (Å²) in [6.45, 7) is 7.38. The highest BCUT2D eigenvalue weighted by molar-refractivity contribution is 7.99. The van der Waals surface area contributed by atoms with Gasteiger partial charge in [-0.25, -0.2) is 9.59 Å². The highest BCUT2D eigenvalue weighted by Gasteiger charge is 2.26. The molecule has 1 aromatic rings. The number of benzene rings is 1. The van der Waals surface area contributed by atoms with Gasteiger partial charge in [0.15, 0.2) is 0 Å². The van der Waals surface area contributed by atoms with Crippen LogP contribution in [0.1, 0.15) is 54.7 Å². The van der Waals surface area contributed by atoms with Crippen LogP contribution in [-0.2, 0) is 9.47 Å². The predicted octanol–water partition coefficient (Wildman–Crippen LogP) is 3.84. The van der Waals surface area contributed by atoms with Crippen molar-refractivity contribution in [2.45, 2.75) is 50.7 Å². The number of ether oxygens (including phenoxy) is 2. The van der Waals surface area contributed by atoms with E-state index in [1.165, 1.54) is 7.11 Å². The van der Waals surface area contributed by atoms with Gasteiger partial charge in [-0.05, 0) is 51.3 Å². The Balaban J connectivity index is 2.24. The molecular weight excluding hydrogens is 314 g/mol. The van der Waals surface area contributed by atoms with Gasteiger partial charge >= 0.3 is 12.1 Å². The molecule has 1 N–H and O–H groups in total. The lowest BCUT2D eigenvalue weighted by Gasteiger charge is -2.28. The Hall–Kier alpha value is -1.69. The predicted molar refractivity (Wildman–Crippen MR) is 90.0 cm³/mol. The number of aryl methyl sites for hydroxylation is 1. The first-order valence-corrected chi connectivity index (χ1v) is 8.55. The number of thioether (sulfide) groups is 1. The number of alkyl carbamates (subject to hydrolysis) is 1. The molecule has 1 atom stereocenters. The molecule has 2 rings (SSSR count). The third kappa shape index (κ3) is 4.41. The van der Waals surface area contributed by atoms with Crippen LogP contribution < -0.4 is 5.32 Å². The number of carbonyl (C=O) groups excluding carboxylic acids is 2. The third-order valence-electron chi connectivity index (χ3n) is 3.49. The first-order chi connectivity index (χ1) is 10.7. The number of methoxy groups -OCH3 is 1. The van der Waals surface area contributed by atoms with Crippen molar-refractivity contribution in [2.75, 3.05) is 12.9 Å². The van der Waals surface area contributed by atoms with E-state index in [-0.39, 0.29) is 12.0 Å². The highest BCUT2D eigenvalue weighted by atomic mass is 32.2. The average molecular weight is 337 g/mol. The second kappa shape index (κ2) is 6.83. The summed E-state index contributed by atoms with van der Waals surface area (Å²) in [6.07, 6.45) is 0.406. The molecule has 1 aliphatic rings. The van der Waals surface area contributed by atoms with Crippen LogP contribution in [0.4, 0.5) is 4.79 Å². The number of nitrogens with one attached hydrogen (secondary N) is 1. The quantitative estimate of drug-likeness (QED) is 0.831. The van der Waals surface area contributed by atoms with Crippen molar-refractivity contribution in [3.63, 3.8) is 0 Å². The smallest absolute Gasteiger partial charge is 0.408 e. The normalized spacial score (nSPS) is 17.2. The molecule has 0 aromatic heterocycles. The first kappa shape index (κ1) is 17.7. The number of esters is 1. The van der Waals surface area contributed by atoms with Crippen molar-refractivity contribution >= 4 is 23.8 Å². The molecule has 6 heteroatoms. The monoisotopic (exact) mass is 337 g/mol. The van der Waals surface area contributed by atoms with Gasteiger partial charge < -0.3 is 14.8 Å². The second-order valence-corrected chi connectivity index (χ2v) is 7.67. The summed E-state index contributed by atoms with van der Waals surface area (Å²) in [5.74, 6) is 0.532. The molecule has 1 aromatic carbocycles. The summed E-state index contributed by atoms with van der Waals surface area (Å²) in [5.41, 5.74) is 1.91. The van der Waals surface area contributed by atoms with E-state index < -0.39 is 11.7 Å². The van der Waals surface area contributed by atoms with Crippen LogP contribution in [0.15, 0.2) is 17.0 Å². The zero-order valence-electron chi connectivity index (χ0n) is 14.2. The van der Waals surface area contributed by atoms with Crippen molar-refractivity contribution in [3.05, 3.63) is 28.8 Å². The zero-order chi connectivity index (χ0) is 17.2. The van der Waals surface area contributed by atoms with Crippen molar-refractivity contribution < 1.29 is 19.1 Å². The largest absolute Gasteiger partial charge is 0.465 e. The molecule has 126 valence electrons. The first-order valence-electron chi connectivity index (χ1n) is 7.56. The molecule has 0 bridgehead atoms. The van der Waals surface area contributed by atoms with E-state index in [4.69, 9.17) is 9.47 Å². The van der Waals surface area contributed by atoms with Gasteiger partial charge in [-0.2, -0.15) is 0 Å². The van der Waals surface area contributed by atoms with Gasteiger partial charge in [0.25, 0.3) is 0 Å². The fourth-order valence-corrected chi connectivity index (χ4v) is 3.62. The molecule has 0 saturated carbocycles. The van der Waals surface area contributed by atoms with Crippen LogP contribution in [0.5, 0.6) is 0 Å². The molecule has 0 aliphatic carbocycles. The lowest BCUT2D eigenvalue weighted by molar-refractivity contribution is 0.0499. The molecule has 0 saturated heterocycles. The number of amides is 1. The van der Waals surface area contributed by atoms with Gasteiger partial charge in [-0.1, -0.05) is 6.07 Å². The number of rotatable bonds is 2. The fraction of sp³-hybridized carbons (Fsp3) is 0.529. The van der Waals surface area contributed by atoms with Gasteiger partial charge in [-0.3, -0.25) is 0 Å². The topological polar surface area (TPSA) is 64.6 Å². The molecule has 0 fully saturated rings. The third-order valence-corrected chi connectivity index (χ3v) is 4.60. The molecule has 1 unspecified atom stereocenters. The summed E-state index contributed by atoms with van der Waals surface area (Å²) >= 11 is 1.68. The van der Waals surface area contributed by atoms with Crippen LogP contribution in [0.2, 0.25) is 0 Å². The number of carbonyl (C=O) groups is 2. The summed E-state index contributed by atoms with van der Waals surface area (Å²) in [5, 5.41) is 2.93. The van der Waals surface area contributed by atoms with Crippen LogP contribution in [0.25, 0.3) is 0 Å². The zero-order valence-corrected chi connectivity index (χ0v) is 15.0. The van der Waals surface area contributed by atoms with Crippen LogP contribution in [0.3, 0.4) is 0 Å².